The molecule has 0 amide bonds. The quantitative estimate of drug-likeness (QED) is 0.837. The van der Waals surface area contributed by atoms with Gasteiger partial charge in [0.1, 0.15) is 11.3 Å². The molecule has 0 radical (unpaired) electrons. The van der Waals surface area contributed by atoms with Gasteiger partial charge >= 0.3 is 0 Å². The van der Waals surface area contributed by atoms with Gasteiger partial charge in [-0.15, -0.1) is 0 Å². The highest BCUT2D eigenvalue weighted by atomic mass is 32.1. The molecule has 1 aromatic carbocycles. The fraction of sp³-hybridized carbons (Fsp3) is 0.462. The number of aromatic nitrogens is 2. The maximum absolute atomic E-state index is 5.81. The lowest BCUT2D eigenvalue weighted by atomic mass is 10.3. The Morgan fingerprint density at radius 1 is 1.41 bits per heavy atom. The standard InChI is InChI=1S/C13H16N2OS/c1-8(2)16-11-5-3-4-10-12(11)14-13(17)15(10)9-6-7-9/h3-5,8-9H,6-7H2,1-2H3,(H,14,17). The second-order valence-corrected chi connectivity index (χ2v) is 5.23. The second kappa shape index (κ2) is 3.88. The van der Waals surface area contributed by atoms with Gasteiger partial charge in [-0.1, -0.05) is 6.07 Å². The number of para-hydroxylation sites is 1. The molecule has 1 fully saturated rings. The van der Waals surface area contributed by atoms with Crippen molar-refractivity contribution in [2.75, 3.05) is 0 Å². The van der Waals surface area contributed by atoms with Crippen LogP contribution in [0.1, 0.15) is 32.7 Å². The van der Waals surface area contributed by atoms with E-state index in [2.05, 4.69) is 15.6 Å². The molecule has 0 bridgehead atoms. The first-order valence-corrected chi connectivity index (χ1v) is 6.47. The molecule has 0 unspecified atom stereocenters. The zero-order chi connectivity index (χ0) is 12.0. The van der Waals surface area contributed by atoms with Crippen LogP contribution in [0, 0.1) is 4.77 Å². The number of ether oxygens (including phenoxy) is 1. The first kappa shape index (κ1) is 10.8. The average Bonchev–Trinajstić information content (AvgIpc) is 3.02. The van der Waals surface area contributed by atoms with Crippen molar-refractivity contribution in [3.63, 3.8) is 0 Å². The summed E-state index contributed by atoms with van der Waals surface area (Å²) in [6, 6.07) is 6.71. The van der Waals surface area contributed by atoms with Gasteiger partial charge in [0.15, 0.2) is 4.77 Å². The Kier molecular flexibility index (Phi) is 2.47. The van der Waals surface area contributed by atoms with E-state index in [4.69, 9.17) is 17.0 Å². The lowest BCUT2D eigenvalue weighted by Crippen LogP contribution is -2.05. The van der Waals surface area contributed by atoms with E-state index < -0.39 is 0 Å². The van der Waals surface area contributed by atoms with Crippen LogP contribution in [0.15, 0.2) is 18.2 Å². The van der Waals surface area contributed by atoms with Crippen LogP contribution in [0.25, 0.3) is 11.0 Å². The molecule has 3 nitrogen and oxygen atoms in total. The van der Waals surface area contributed by atoms with Crippen LogP contribution < -0.4 is 4.74 Å². The predicted molar refractivity (Wildman–Crippen MR) is 71.2 cm³/mol. The minimum Gasteiger partial charge on any atom is -0.489 e. The van der Waals surface area contributed by atoms with Crippen LogP contribution >= 0.6 is 12.2 Å². The van der Waals surface area contributed by atoms with Gasteiger partial charge in [0.25, 0.3) is 0 Å². The zero-order valence-electron chi connectivity index (χ0n) is 10.1. The van der Waals surface area contributed by atoms with Crippen LogP contribution in [0.2, 0.25) is 0 Å². The van der Waals surface area contributed by atoms with E-state index in [1.54, 1.807) is 0 Å². The molecule has 2 aromatic rings. The van der Waals surface area contributed by atoms with Gasteiger partial charge in [-0.25, -0.2) is 0 Å². The number of aromatic amines is 1. The fourth-order valence-corrected chi connectivity index (χ4v) is 2.52. The van der Waals surface area contributed by atoms with Crippen LogP contribution in [-0.4, -0.2) is 15.7 Å². The molecule has 1 heterocycles. The number of H-pyrrole nitrogens is 1. The molecule has 0 spiro atoms. The van der Waals surface area contributed by atoms with Crippen LogP contribution in [0.4, 0.5) is 0 Å². The summed E-state index contributed by atoms with van der Waals surface area (Å²) in [5, 5.41) is 0. The molecule has 1 N–H and O–H groups in total. The molecule has 90 valence electrons. The van der Waals surface area contributed by atoms with Crippen molar-refractivity contribution in [1.29, 1.82) is 0 Å². The number of nitrogens with one attached hydrogen (secondary N) is 1. The van der Waals surface area contributed by atoms with Gasteiger partial charge in [0.05, 0.1) is 11.6 Å². The smallest absolute Gasteiger partial charge is 0.178 e. The second-order valence-electron chi connectivity index (χ2n) is 4.85. The molecule has 0 atom stereocenters. The Labute approximate surface area is 105 Å². The highest BCUT2D eigenvalue weighted by Gasteiger charge is 2.26. The number of fused-ring (bicyclic) bond motifs is 1. The van der Waals surface area contributed by atoms with Gasteiger partial charge in [0, 0.05) is 6.04 Å². The van der Waals surface area contributed by atoms with Crippen molar-refractivity contribution in [1.82, 2.24) is 9.55 Å². The van der Waals surface area contributed by atoms with Gasteiger partial charge in [0.2, 0.25) is 0 Å². The Bertz CT molecular complexity index is 607. The maximum atomic E-state index is 5.81. The van der Waals surface area contributed by atoms with E-state index in [0.29, 0.717) is 6.04 Å². The molecule has 1 aromatic heterocycles. The molecular formula is C13H16N2OS. The molecule has 0 aliphatic heterocycles. The summed E-state index contributed by atoms with van der Waals surface area (Å²) in [7, 11) is 0. The molecule has 4 heteroatoms. The van der Waals surface area contributed by atoms with E-state index in [9.17, 15) is 0 Å². The van der Waals surface area contributed by atoms with Gasteiger partial charge in [-0.05, 0) is 51.0 Å². The third-order valence-electron chi connectivity index (χ3n) is 2.99. The minimum atomic E-state index is 0.173. The van der Waals surface area contributed by atoms with Crippen molar-refractivity contribution in [3.8, 4) is 5.75 Å². The lowest BCUT2D eigenvalue weighted by molar-refractivity contribution is 0.245. The average molecular weight is 248 g/mol. The summed E-state index contributed by atoms with van der Waals surface area (Å²) in [5.74, 6) is 0.892. The molecule has 1 aliphatic carbocycles. The first-order chi connectivity index (χ1) is 8.16. The summed E-state index contributed by atoms with van der Waals surface area (Å²) in [6.45, 7) is 4.07. The Morgan fingerprint density at radius 2 is 2.18 bits per heavy atom. The van der Waals surface area contributed by atoms with Gasteiger partial charge < -0.3 is 14.3 Å². The highest BCUT2D eigenvalue weighted by Crippen LogP contribution is 2.39. The summed E-state index contributed by atoms with van der Waals surface area (Å²) in [4.78, 5) is 3.28. The molecule has 17 heavy (non-hydrogen) atoms. The number of nitrogens with zero attached hydrogens (tertiary/aromatic N) is 1. The maximum Gasteiger partial charge on any atom is 0.178 e. The third-order valence-corrected chi connectivity index (χ3v) is 3.29. The summed E-state index contributed by atoms with van der Waals surface area (Å²) < 4.78 is 8.83. The van der Waals surface area contributed by atoms with E-state index in [0.717, 1.165) is 21.6 Å². The number of imidazole rings is 1. The van der Waals surface area contributed by atoms with E-state index in [-0.39, 0.29) is 6.10 Å². The normalized spacial score (nSPS) is 15.7. The van der Waals surface area contributed by atoms with Gasteiger partial charge in [-0.2, -0.15) is 0 Å². The largest absolute Gasteiger partial charge is 0.489 e. The fourth-order valence-electron chi connectivity index (χ4n) is 2.17. The topological polar surface area (TPSA) is 29.9 Å². The van der Waals surface area contributed by atoms with Crippen molar-refractivity contribution < 1.29 is 4.74 Å². The molecule has 1 saturated carbocycles. The van der Waals surface area contributed by atoms with E-state index in [1.807, 2.05) is 26.0 Å². The SMILES string of the molecule is CC(C)Oc1cccc2c1[nH]c(=S)n2C1CC1. The van der Waals surface area contributed by atoms with E-state index >= 15 is 0 Å². The number of hydrogen-bond acceptors (Lipinski definition) is 2. The third kappa shape index (κ3) is 1.86. The van der Waals surface area contributed by atoms with E-state index in [1.165, 1.54) is 12.8 Å². The predicted octanol–water partition coefficient (Wildman–Crippen LogP) is 3.82. The number of benzene rings is 1. The van der Waals surface area contributed by atoms with Crippen LogP contribution in [0.5, 0.6) is 5.75 Å². The molecule has 0 saturated heterocycles. The minimum absolute atomic E-state index is 0.173. The Morgan fingerprint density at radius 3 is 2.82 bits per heavy atom. The van der Waals surface area contributed by atoms with Crippen molar-refractivity contribution in [2.45, 2.75) is 38.8 Å². The summed E-state index contributed by atoms with van der Waals surface area (Å²) >= 11 is 5.39. The van der Waals surface area contributed by atoms with Crippen molar-refractivity contribution >= 4 is 23.3 Å². The highest BCUT2D eigenvalue weighted by molar-refractivity contribution is 7.71. The number of hydrogen-bond donors (Lipinski definition) is 1. The monoisotopic (exact) mass is 248 g/mol. The van der Waals surface area contributed by atoms with Gasteiger partial charge in [-0.3, -0.25) is 0 Å². The summed E-state index contributed by atoms with van der Waals surface area (Å²) in [5.41, 5.74) is 2.19. The van der Waals surface area contributed by atoms with Crippen molar-refractivity contribution in [2.24, 2.45) is 0 Å². The zero-order valence-corrected chi connectivity index (χ0v) is 10.9. The molecule has 3 rings (SSSR count). The molecule has 1 aliphatic rings. The molecular weight excluding hydrogens is 232 g/mol. The Hall–Kier alpha value is -1.29. The van der Waals surface area contributed by atoms with Crippen LogP contribution in [0.3, 0.4) is 0 Å². The first-order valence-electron chi connectivity index (χ1n) is 6.06. The Balaban J connectivity index is 2.19. The number of rotatable bonds is 3. The summed E-state index contributed by atoms with van der Waals surface area (Å²) in [6.07, 6.45) is 2.64. The van der Waals surface area contributed by atoms with Crippen molar-refractivity contribution in [3.05, 3.63) is 23.0 Å². The lowest BCUT2D eigenvalue weighted by Gasteiger charge is -2.10. The van der Waals surface area contributed by atoms with Crippen LogP contribution in [-0.2, 0) is 0 Å².